The number of alkyl halides is 3. The SMILES string of the molecule is CC(C)(C)c1ccc(-n2nc(OS(=O)(=O)C(F)(F)F)c3c(c2=O)CCCC3)cn1. The van der Waals surface area contributed by atoms with Gasteiger partial charge in [0.2, 0.25) is 0 Å². The molecule has 0 saturated carbocycles. The lowest BCUT2D eigenvalue weighted by molar-refractivity contribution is -0.0502. The lowest BCUT2D eigenvalue weighted by Crippen LogP contribution is -2.33. The molecule has 7 nitrogen and oxygen atoms in total. The molecule has 1 aliphatic carbocycles. The van der Waals surface area contributed by atoms with Crippen LogP contribution in [0.4, 0.5) is 13.2 Å². The Bertz CT molecular complexity index is 1090. The van der Waals surface area contributed by atoms with Crippen molar-refractivity contribution in [2.45, 2.75) is 57.4 Å². The topological polar surface area (TPSA) is 91.2 Å². The van der Waals surface area contributed by atoms with Gasteiger partial charge in [-0.05, 0) is 37.8 Å². The molecular weight excluding hydrogens is 411 g/mol. The third kappa shape index (κ3) is 4.14. The van der Waals surface area contributed by atoms with Gasteiger partial charge in [-0.3, -0.25) is 9.78 Å². The highest BCUT2D eigenvalue weighted by Gasteiger charge is 2.49. The highest BCUT2D eigenvalue weighted by Crippen LogP contribution is 2.31. The van der Waals surface area contributed by atoms with Gasteiger partial charge in [0.1, 0.15) is 0 Å². The molecule has 2 heterocycles. The van der Waals surface area contributed by atoms with E-state index < -0.39 is 27.1 Å². The second kappa shape index (κ2) is 7.12. The Balaban J connectivity index is 2.15. The van der Waals surface area contributed by atoms with Crippen molar-refractivity contribution in [1.29, 1.82) is 0 Å². The Labute approximate surface area is 165 Å². The van der Waals surface area contributed by atoms with E-state index in [1.807, 2.05) is 20.8 Å². The van der Waals surface area contributed by atoms with Crippen molar-refractivity contribution in [2.24, 2.45) is 0 Å². The fraction of sp³-hybridized carbons (Fsp3) is 0.500. The molecule has 11 heteroatoms. The lowest BCUT2D eigenvalue weighted by Gasteiger charge is -2.21. The molecule has 2 aromatic heterocycles. The number of hydrogen-bond acceptors (Lipinski definition) is 6. The zero-order valence-corrected chi connectivity index (χ0v) is 16.9. The molecule has 0 N–H and O–H groups in total. The van der Waals surface area contributed by atoms with E-state index in [2.05, 4.69) is 14.3 Å². The van der Waals surface area contributed by atoms with Gasteiger partial charge in [0.05, 0.1) is 11.9 Å². The number of hydrogen-bond donors (Lipinski definition) is 0. The van der Waals surface area contributed by atoms with Gasteiger partial charge in [-0.25, -0.2) is 0 Å². The predicted octanol–water partition coefficient (Wildman–Crippen LogP) is 3.03. The number of aromatic nitrogens is 3. The third-order valence-corrected chi connectivity index (χ3v) is 5.54. The lowest BCUT2D eigenvalue weighted by atomic mass is 9.92. The van der Waals surface area contributed by atoms with E-state index in [0.717, 1.165) is 10.4 Å². The maximum atomic E-state index is 12.9. The first-order valence-corrected chi connectivity index (χ1v) is 10.3. The van der Waals surface area contributed by atoms with Crippen molar-refractivity contribution in [3.63, 3.8) is 0 Å². The van der Waals surface area contributed by atoms with Crippen LogP contribution in [0.3, 0.4) is 0 Å². The molecule has 0 aromatic carbocycles. The van der Waals surface area contributed by atoms with Crippen LogP contribution in [0.1, 0.15) is 50.4 Å². The Morgan fingerprint density at radius 3 is 2.21 bits per heavy atom. The molecule has 0 saturated heterocycles. The molecule has 0 spiro atoms. The van der Waals surface area contributed by atoms with Crippen LogP contribution in [-0.2, 0) is 28.4 Å². The fourth-order valence-corrected chi connectivity index (χ4v) is 3.49. The fourth-order valence-electron chi connectivity index (χ4n) is 3.05. The summed E-state index contributed by atoms with van der Waals surface area (Å²) in [5, 5.41) is 3.81. The molecule has 0 bridgehead atoms. The molecule has 0 atom stereocenters. The molecule has 0 amide bonds. The number of rotatable bonds is 3. The highest BCUT2D eigenvalue weighted by atomic mass is 32.2. The molecule has 0 aliphatic heterocycles. The molecule has 0 fully saturated rings. The van der Waals surface area contributed by atoms with Gasteiger partial charge >= 0.3 is 15.6 Å². The average Bonchev–Trinajstić information content (AvgIpc) is 2.62. The van der Waals surface area contributed by atoms with Crippen molar-refractivity contribution in [3.05, 3.63) is 45.5 Å². The van der Waals surface area contributed by atoms with Gasteiger partial charge in [0.15, 0.2) is 0 Å². The smallest absolute Gasteiger partial charge is 0.353 e. The number of fused-ring (bicyclic) bond motifs is 1. The van der Waals surface area contributed by atoms with E-state index in [9.17, 15) is 26.4 Å². The van der Waals surface area contributed by atoms with Gasteiger partial charge in [-0.2, -0.15) is 26.3 Å². The monoisotopic (exact) mass is 431 g/mol. The van der Waals surface area contributed by atoms with E-state index in [1.54, 1.807) is 12.1 Å². The van der Waals surface area contributed by atoms with Gasteiger partial charge in [-0.1, -0.05) is 20.8 Å². The molecule has 3 rings (SSSR count). The van der Waals surface area contributed by atoms with Crippen LogP contribution in [-0.4, -0.2) is 28.7 Å². The van der Waals surface area contributed by atoms with Crippen LogP contribution in [0, 0.1) is 0 Å². The minimum Gasteiger partial charge on any atom is -0.353 e. The Morgan fingerprint density at radius 1 is 1.07 bits per heavy atom. The average molecular weight is 431 g/mol. The second-order valence-corrected chi connectivity index (χ2v) is 9.36. The van der Waals surface area contributed by atoms with Gasteiger partial charge in [0, 0.05) is 22.2 Å². The molecular formula is C18H20F3N3O4S. The largest absolute Gasteiger partial charge is 0.534 e. The molecule has 2 aromatic rings. The van der Waals surface area contributed by atoms with Crippen LogP contribution in [0.5, 0.6) is 5.88 Å². The van der Waals surface area contributed by atoms with Crippen molar-refractivity contribution in [2.75, 3.05) is 0 Å². The van der Waals surface area contributed by atoms with Crippen LogP contribution < -0.4 is 9.74 Å². The van der Waals surface area contributed by atoms with Gasteiger partial charge in [-0.15, -0.1) is 5.10 Å². The summed E-state index contributed by atoms with van der Waals surface area (Å²) < 4.78 is 66.5. The summed E-state index contributed by atoms with van der Waals surface area (Å²) in [7, 11) is -5.92. The zero-order chi connectivity index (χ0) is 21.6. The summed E-state index contributed by atoms with van der Waals surface area (Å²) in [5.74, 6) is -0.725. The first kappa shape index (κ1) is 21.3. The standard InChI is InChI=1S/C18H20F3N3O4S/c1-17(2,3)14-9-8-11(10-22-14)24-16(25)13-7-5-4-6-12(13)15(23-24)28-29(26,27)18(19,20)21/h8-10H,4-7H2,1-3H3. The normalized spacial score (nSPS) is 15.1. The number of nitrogens with zero attached hydrogens (tertiary/aromatic N) is 3. The maximum absolute atomic E-state index is 12.9. The van der Waals surface area contributed by atoms with Crippen LogP contribution in [0.25, 0.3) is 5.69 Å². The van der Waals surface area contributed by atoms with E-state index in [0.29, 0.717) is 19.3 Å². The van der Waals surface area contributed by atoms with Crippen molar-refractivity contribution in [3.8, 4) is 11.6 Å². The van der Waals surface area contributed by atoms with Crippen molar-refractivity contribution in [1.82, 2.24) is 14.8 Å². The molecule has 0 radical (unpaired) electrons. The first-order valence-electron chi connectivity index (χ1n) is 8.94. The Hall–Kier alpha value is -2.43. The van der Waals surface area contributed by atoms with Gasteiger partial charge in [0.25, 0.3) is 11.4 Å². The maximum Gasteiger partial charge on any atom is 0.534 e. The number of halogens is 3. The second-order valence-electron chi connectivity index (χ2n) is 7.82. The van der Waals surface area contributed by atoms with Gasteiger partial charge < -0.3 is 4.18 Å². The Morgan fingerprint density at radius 2 is 1.69 bits per heavy atom. The summed E-state index contributed by atoms with van der Waals surface area (Å²) in [4.78, 5) is 17.1. The van der Waals surface area contributed by atoms with Crippen LogP contribution in [0.15, 0.2) is 23.1 Å². The van der Waals surface area contributed by atoms with E-state index in [1.165, 1.54) is 6.20 Å². The predicted molar refractivity (Wildman–Crippen MR) is 98.6 cm³/mol. The van der Waals surface area contributed by atoms with E-state index >= 15 is 0 Å². The third-order valence-electron chi connectivity index (χ3n) is 4.60. The highest BCUT2D eigenvalue weighted by molar-refractivity contribution is 7.87. The summed E-state index contributed by atoms with van der Waals surface area (Å²) in [6.45, 7) is 5.85. The summed E-state index contributed by atoms with van der Waals surface area (Å²) >= 11 is 0. The minimum absolute atomic E-state index is 0.101. The first-order chi connectivity index (χ1) is 13.3. The summed E-state index contributed by atoms with van der Waals surface area (Å²) in [5.41, 5.74) is -5.13. The molecule has 29 heavy (non-hydrogen) atoms. The van der Waals surface area contributed by atoms with Crippen molar-refractivity contribution < 1.29 is 25.8 Å². The van der Waals surface area contributed by atoms with Crippen molar-refractivity contribution >= 4 is 10.1 Å². The quantitative estimate of drug-likeness (QED) is 0.548. The molecule has 1 aliphatic rings. The number of pyridine rings is 1. The summed E-state index contributed by atoms with van der Waals surface area (Å²) in [6, 6.07) is 3.23. The van der Waals surface area contributed by atoms with E-state index in [4.69, 9.17) is 0 Å². The minimum atomic E-state index is -5.92. The molecule has 158 valence electrons. The van der Waals surface area contributed by atoms with Crippen LogP contribution >= 0.6 is 0 Å². The van der Waals surface area contributed by atoms with E-state index in [-0.39, 0.29) is 28.7 Å². The summed E-state index contributed by atoms with van der Waals surface area (Å²) in [6.07, 6.45) is 3.11. The zero-order valence-electron chi connectivity index (χ0n) is 16.1. The molecule has 0 unspecified atom stereocenters. The van der Waals surface area contributed by atoms with Crippen LogP contribution in [0.2, 0.25) is 0 Å². The Kier molecular flexibility index (Phi) is 5.22.